The summed E-state index contributed by atoms with van der Waals surface area (Å²) in [6.07, 6.45) is 0. The van der Waals surface area contributed by atoms with E-state index in [0.29, 0.717) is 0 Å². The van der Waals surface area contributed by atoms with E-state index < -0.39 is 0 Å². The number of fused-ring (bicyclic) bond motifs is 9. The highest BCUT2D eigenvalue weighted by Crippen LogP contribution is 2.41. The number of para-hydroxylation sites is 1. The molecule has 0 spiro atoms. The van der Waals surface area contributed by atoms with Crippen LogP contribution in [0.5, 0.6) is 0 Å². The van der Waals surface area contributed by atoms with E-state index in [1.54, 1.807) is 0 Å². The van der Waals surface area contributed by atoms with Gasteiger partial charge in [-0.25, -0.2) is 15.0 Å². The summed E-state index contributed by atoms with van der Waals surface area (Å²) in [5.74, 6) is 0.727. The average Bonchev–Trinajstić information content (AvgIpc) is 3.11. The van der Waals surface area contributed by atoms with Gasteiger partial charge in [-0.15, -0.1) is 0 Å². The summed E-state index contributed by atoms with van der Waals surface area (Å²) in [6.45, 7) is 0. The number of hydrogen-bond acceptors (Lipinski definition) is 3. The molecule has 0 saturated carbocycles. The van der Waals surface area contributed by atoms with Crippen LogP contribution in [-0.2, 0) is 0 Å². The maximum Gasteiger partial charge on any atom is 0.160 e. The largest absolute Gasteiger partial charge is 0.246 e. The highest BCUT2D eigenvalue weighted by Gasteiger charge is 2.17. The van der Waals surface area contributed by atoms with Crippen LogP contribution < -0.4 is 0 Å². The topological polar surface area (TPSA) is 38.7 Å². The minimum atomic E-state index is 0.727. The average molecular weight is 560 g/mol. The lowest BCUT2D eigenvalue weighted by molar-refractivity contribution is 1.23. The number of hydrogen-bond donors (Lipinski definition) is 0. The predicted molar refractivity (Wildman–Crippen MR) is 184 cm³/mol. The van der Waals surface area contributed by atoms with Gasteiger partial charge in [0.05, 0.1) is 22.4 Å². The molecule has 0 atom stereocenters. The van der Waals surface area contributed by atoms with Crippen LogP contribution in [0.2, 0.25) is 0 Å². The zero-order chi connectivity index (χ0) is 29.0. The summed E-state index contributed by atoms with van der Waals surface area (Å²) in [6, 6.07) is 53.1. The van der Waals surface area contributed by atoms with Gasteiger partial charge in [-0.05, 0) is 27.6 Å². The molecule has 204 valence electrons. The molecule has 0 saturated heterocycles. The third-order valence-corrected chi connectivity index (χ3v) is 8.65. The first-order valence-corrected chi connectivity index (χ1v) is 14.9. The molecule has 0 N–H and O–H groups in total. The highest BCUT2D eigenvalue weighted by atomic mass is 14.9. The molecule has 0 radical (unpaired) electrons. The van der Waals surface area contributed by atoms with Crippen LogP contribution in [0.4, 0.5) is 0 Å². The van der Waals surface area contributed by atoms with Gasteiger partial charge in [-0.3, -0.25) is 0 Å². The van der Waals surface area contributed by atoms with E-state index in [0.717, 1.165) is 55.7 Å². The molecule has 0 aliphatic carbocycles. The molecule has 0 aliphatic rings. The Kier molecular flexibility index (Phi) is 5.50. The Morgan fingerprint density at radius 3 is 1.45 bits per heavy atom. The van der Waals surface area contributed by atoms with Crippen molar-refractivity contribution in [3.8, 4) is 33.9 Å². The zero-order valence-electron chi connectivity index (χ0n) is 23.8. The monoisotopic (exact) mass is 559 g/mol. The fourth-order valence-corrected chi connectivity index (χ4v) is 6.61. The molecular formula is C41H25N3. The number of pyridine rings is 1. The van der Waals surface area contributed by atoms with Gasteiger partial charge in [0.25, 0.3) is 0 Å². The molecule has 3 nitrogen and oxygen atoms in total. The third-order valence-electron chi connectivity index (χ3n) is 8.65. The van der Waals surface area contributed by atoms with E-state index in [2.05, 4.69) is 121 Å². The minimum absolute atomic E-state index is 0.727. The molecule has 0 unspecified atom stereocenters. The summed E-state index contributed by atoms with van der Waals surface area (Å²) in [4.78, 5) is 15.4. The highest BCUT2D eigenvalue weighted by molar-refractivity contribution is 6.31. The molecule has 9 aromatic rings. The Morgan fingerprint density at radius 1 is 0.295 bits per heavy atom. The second-order valence-electron chi connectivity index (χ2n) is 11.2. The van der Waals surface area contributed by atoms with E-state index in [9.17, 15) is 0 Å². The second-order valence-corrected chi connectivity index (χ2v) is 11.2. The summed E-state index contributed by atoms with van der Waals surface area (Å²) >= 11 is 0. The third kappa shape index (κ3) is 3.80. The SMILES string of the molecule is c1ccc(-c2nc(-c3ccc(-c4nc5c6ccccc6c6ccccc6c5c5ccccc45)cc3)c3ccccc3n2)cc1. The first-order valence-electron chi connectivity index (χ1n) is 14.9. The maximum absolute atomic E-state index is 5.43. The predicted octanol–water partition coefficient (Wildman–Crippen LogP) is 10.6. The van der Waals surface area contributed by atoms with Crippen LogP contribution in [0.25, 0.3) is 88.0 Å². The van der Waals surface area contributed by atoms with Crippen molar-refractivity contribution in [1.29, 1.82) is 0 Å². The summed E-state index contributed by atoms with van der Waals surface area (Å²) in [7, 11) is 0. The van der Waals surface area contributed by atoms with Gasteiger partial charge in [0, 0.05) is 38.2 Å². The molecule has 0 fully saturated rings. The fourth-order valence-electron chi connectivity index (χ4n) is 6.61. The molecule has 0 bridgehead atoms. The van der Waals surface area contributed by atoms with Crippen molar-refractivity contribution >= 4 is 54.1 Å². The standard InChI is InChI=1S/C41H25N3/c1-2-12-28(13-3-1)41-42-36-21-11-10-20-35(36)39(44-41)27-24-22-26(23-25-27)38-34-19-9-7-17-32(34)37-31-16-6-4-14-29(31)30-15-5-8-18-33(30)40(37)43-38/h1-25H. The van der Waals surface area contributed by atoms with Crippen molar-refractivity contribution in [3.63, 3.8) is 0 Å². The first-order chi connectivity index (χ1) is 21.8. The Balaban J connectivity index is 1.27. The van der Waals surface area contributed by atoms with Crippen LogP contribution in [0.15, 0.2) is 152 Å². The van der Waals surface area contributed by atoms with Gasteiger partial charge in [0.2, 0.25) is 0 Å². The van der Waals surface area contributed by atoms with Crippen molar-refractivity contribution in [2.24, 2.45) is 0 Å². The molecular weight excluding hydrogens is 534 g/mol. The number of aromatic nitrogens is 3. The quantitative estimate of drug-likeness (QED) is 0.202. The second kappa shape index (κ2) is 9.82. The maximum atomic E-state index is 5.43. The lowest BCUT2D eigenvalue weighted by Crippen LogP contribution is -1.95. The van der Waals surface area contributed by atoms with Crippen molar-refractivity contribution in [2.75, 3.05) is 0 Å². The summed E-state index contributed by atoms with van der Waals surface area (Å²) in [5, 5.41) is 9.49. The van der Waals surface area contributed by atoms with Crippen LogP contribution in [0, 0.1) is 0 Å². The molecule has 2 heterocycles. The lowest BCUT2D eigenvalue weighted by Gasteiger charge is -2.15. The van der Waals surface area contributed by atoms with E-state index in [1.807, 2.05) is 30.3 Å². The van der Waals surface area contributed by atoms with Gasteiger partial charge in [0.1, 0.15) is 0 Å². The van der Waals surface area contributed by atoms with E-state index in [1.165, 1.54) is 32.3 Å². The van der Waals surface area contributed by atoms with Crippen molar-refractivity contribution in [1.82, 2.24) is 15.0 Å². The summed E-state index contributed by atoms with van der Waals surface area (Å²) in [5.41, 5.74) is 7.00. The number of nitrogens with zero attached hydrogens (tertiary/aromatic N) is 3. The van der Waals surface area contributed by atoms with Gasteiger partial charge in [0.15, 0.2) is 5.82 Å². The first kappa shape index (κ1) is 24.6. The molecule has 2 aromatic heterocycles. The van der Waals surface area contributed by atoms with Gasteiger partial charge >= 0.3 is 0 Å². The van der Waals surface area contributed by atoms with E-state index in [-0.39, 0.29) is 0 Å². The van der Waals surface area contributed by atoms with Crippen LogP contribution in [0.3, 0.4) is 0 Å². The summed E-state index contributed by atoms with van der Waals surface area (Å²) < 4.78 is 0. The Hall–Kier alpha value is -5.93. The van der Waals surface area contributed by atoms with Crippen molar-refractivity contribution in [3.05, 3.63) is 152 Å². The number of rotatable bonds is 3. The Bertz CT molecular complexity index is 2540. The minimum Gasteiger partial charge on any atom is -0.246 e. The van der Waals surface area contributed by atoms with E-state index in [4.69, 9.17) is 15.0 Å². The molecule has 0 aliphatic heterocycles. The van der Waals surface area contributed by atoms with Crippen molar-refractivity contribution < 1.29 is 0 Å². The van der Waals surface area contributed by atoms with Gasteiger partial charge in [-0.2, -0.15) is 0 Å². The van der Waals surface area contributed by atoms with Gasteiger partial charge in [-0.1, -0.05) is 146 Å². The Morgan fingerprint density at radius 2 is 0.773 bits per heavy atom. The molecule has 9 rings (SSSR count). The van der Waals surface area contributed by atoms with E-state index >= 15 is 0 Å². The fraction of sp³-hybridized carbons (Fsp3) is 0. The zero-order valence-corrected chi connectivity index (χ0v) is 23.8. The van der Waals surface area contributed by atoms with Crippen molar-refractivity contribution in [2.45, 2.75) is 0 Å². The van der Waals surface area contributed by atoms with Gasteiger partial charge < -0.3 is 0 Å². The van der Waals surface area contributed by atoms with Crippen LogP contribution in [-0.4, -0.2) is 15.0 Å². The number of benzene rings is 7. The lowest BCUT2D eigenvalue weighted by atomic mass is 9.92. The Labute approximate surface area is 254 Å². The molecule has 44 heavy (non-hydrogen) atoms. The molecule has 3 heteroatoms. The smallest absolute Gasteiger partial charge is 0.160 e. The normalized spacial score (nSPS) is 11.6. The van der Waals surface area contributed by atoms with Crippen LogP contribution >= 0.6 is 0 Å². The molecule has 7 aromatic carbocycles. The van der Waals surface area contributed by atoms with Crippen LogP contribution in [0.1, 0.15) is 0 Å². The molecule has 0 amide bonds.